The molecule has 7 heteroatoms. The maximum Gasteiger partial charge on any atom is 0.303 e. The summed E-state index contributed by atoms with van der Waals surface area (Å²) in [6.45, 7) is 2.98. The fourth-order valence-electron chi connectivity index (χ4n) is 2.11. The van der Waals surface area contributed by atoms with E-state index in [1.165, 1.54) is 6.20 Å². The number of pyridine rings is 1. The number of carbonyl (C=O) groups is 2. The van der Waals surface area contributed by atoms with Crippen molar-refractivity contribution >= 4 is 11.9 Å². The number of aromatic nitrogens is 1. The Balaban J connectivity index is 1.90. The minimum absolute atomic E-state index is 0.0217. The van der Waals surface area contributed by atoms with Gasteiger partial charge in [-0.15, -0.1) is 0 Å². The van der Waals surface area contributed by atoms with Crippen molar-refractivity contribution in [3.8, 4) is 5.88 Å². The number of carboxylic acids is 1. The smallest absolute Gasteiger partial charge is 0.303 e. The first-order chi connectivity index (χ1) is 10.5. The highest BCUT2D eigenvalue weighted by molar-refractivity contribution is 5.94. The van der Waals surface area contributed by atoms with Crippen LogP contribution in [0.15, 0.2) is 18.3 Å². The predicted octanol–water partition coefficient (Wildman–Crippen LogP) is 1.23. The number of carboxylic acid groups (broad SMARTS) is 1. The third-order valence-electron chi connectivity index (χ3n) is 3.34. The summed E-state index contributed by atoms with van der Waals surface area (Å²) in [6, 6.07) is 2.96. The Morgan fingerprint density at radius 1 is 1.59 bits per heavy atom. The predicted molar refractivity (Wildman–Crippen MR) is 77.9 cm³/mol. The van der Waals surface area contributed by atoms with Gasteiger partial charge in [0.25, 0.3) is 5.91 Å². The van der Waals surface area contributed by atoms with Crippen LogP contribution in [0.3, 0.4) is 0 Å². The highest BCUT2D eigenvalue weighted by Gasteiger charge is 2.18. The van der Waals surface area contributed by atoms with Gasteiger partial charge in [-0.1, -0.05) is 0 Å². The second kappa shape index (κ2) is 7.74. The number of amides is 1. The van der Waals surface area contributed by atoms with Crippen LogP contribution >= 0.6 is 0 Å². The molecule has 7 nitrogen and oxygen atoms in total. The molecule has 0 spiro atoms. The molecule has 2 heterocycles. The number of hydrogen-bond acceptors (Lipinski definition) is 5. The van der Waals surface area contributed by atoms with Gasteiger partial charge in [0.15, 0.2) is 0 Å². The Labute approximate surface area is 128 Å². The summed E-state index contributed by atoms with van der Waals surface area (Å²) in [7, 11) is 0. The third-order valence-corrected chi connectivity index (χ3v) is 3.34. The minimum Gasteiger partial charge on any atom is -0.481 e. The zero-order chi connectivity index (χ0) is 15.9. The van der Waals surface area contributed by atoms with Crippen molar-refractivity contribution in [2.24, 2.45) is 0 Å². The lowest BCUT2D eigenvalue weighted by molar-refractivity contribution is -0.137. The standard InChI is InChI=1S/C15H20N2O5/c1-10(2-3-14(18)19)17-15(20)11-4-6-16-13(8-11)22-12-5-7-21-9-12/h4,6,8,10,12H,2-3,5,7,9H2,1H3,(H,17,20)(H,18,19). The molecule has 0 saturated carbocycles. The highest BCUT2D eigenvalue weighted by Crippen LogP contribution is 2.15. The average molecular weight is 308 g/mol. The molecule has 2 unspecified atom stereocenters. The molecule has 120 valence electrons. The lowest BCUT2D eigenvalue weighted by Crippen LogP contribution is -2.33. The zero-order valence-electron chi connectivity index (χ0n) is 12.4. The van der Waals surface area contributed by atoms with E-state index >= 15 is 0 Å². The second-order valence-electron chi connectivity index (χ2n) is 5.29. The van der Waals surface area contributed by atoms with Crippen LogP contribution in [0.5, 0.6) is 5.88 Å². The molecular weight excluding hydrogens is 288 g/mol. The van der Waals surface area contributed by atoms with Crippen LogP contribution in [0.1, 0.15) is 36.5 Å². The molecule has 0 aromatic carbocycles. The molecule has 1 amide bonds. The van der Waals surface area contributed by atoms with Crippen molar-refractivity contribution in [3.63, 3.8) is 0 Å². The maximum absolute atomic E-state index is 12.1. The summed E-state index contributed by atoms with van der Waals surface area (Å²) in [5.41, 5.74) is 0.436. The molecule has 2 atom stereocenters. The lowest BCUT2D eigenvalue weighted by atomic mass is 10.1. The molecule has 1 aromatic rings. The second-order valence-corrected chi connectivity index (χ2v) is 5.29. The number of nitrogens with one attached hydrogen (secondary N) is 1. The van der Waals surface area contributed by atoms with E-state index in [0.29, 0.717) is 31.1 Å². The van der Waals surface area contributed by atoms with E-state index < -0.39 is 5.97 Å². The van der Waals surface area contributed by atoms with Crippen molar-refractivity contribution in [1.29, 1.82) is 0 Å². The first-order valence-electron chi connectivity index (χ1n) is 7.27. The Hall–Kier alpha value is -2.15. The summed E-state index contributed by atoms with van der Waals surface area (Å²) in [4.78, 5) is 26.7. The molecular formula is C15H20N2O5. The molecule has 1 aliphatic heterocycles. The Kier molecular flexibility index (Phi) is 5.71. The first-order valence-corrected chi connectivity index (χ1v) is 7.27. The quantitative estimate of drug-likeness (QED) is 0.786. The van der Waals surface area contributed by atoms with E-state index in [9.17, 15) is 9.59 Å². The summed E-state index contributed by atoms with van der Waals surface area (Å²) in [5.74, 6) is -0.756. The van der Waals surface area contributed by atoms with Gasteiger partial charge >= 0.3 is 5.97 Å². The average Bonchev–Trinajstić information content (AvgIpc) is 2.98. The van der Waals surface area contributed by atoms with Gasteiger partial charge in [-0.05, 0) is 19.4 Å². The minimum atomic E-state index is -0.875. The monoisotopic (exact) mass is 308 g/mol. The summed E-state index contributed by atoms with van der Waals surface area (Å²) in [5, 5.41) is 11.4. The van der Waals surface area contributed by atoms with Crippen LogP contribution in [0.25, 0.3) is 0 Å². The molecule has 0 radical (unpaired) electrons. The van der Waals surface area contributed by atoms with Crippen LogP contribution < -0.4 is 10.1 Å². The molecule has 0 bridgehead atoms. The molecule has 22 heavy (non-hydrogen) atoms. The maximum atomic E-state index is 12.1. The lowest BCUT2D eigenvalue weighted by Gasteiger charge is -2.14. The van der Waals surface area contributed by atoms with Gasteiger partial charge in [0.1, 0.15) is 6.10 Å². The van der Waals surface area contributed by atoms with Crippen molar-refractivity contribution in [2.75, 3.05) is 13.2 Å². The van der Waals surface area contributed by atoms with Gasteiger partial charge < -0.3 is 19.9 Å². The zero-order valence-corrected chi connectivity index (χ0v) is 12.4. The van der Waals surface area contributed by atoms with Crippen molar-refractivity contribution in [3.05, 3.63) is 23.9 Å². The first kappa shape index (κ1) is 16.2. The fourth-order valence-corrected chi connectivity index (χ4v) is 2.11. The summed E-state index contributed by atoms with van der Waals surface area (Å²) < 4.78 is 10.9. The van der Waals surface area contributed by atoms with Crippen molar-refractivity contribution < 1.29 is 24.2 Å². The van der Waals surface area contributed by atoms with E-state index in [1.54, 1.807) is 19.1 Å². The Morgan fingerprint density at radius 2 is 2.41 bits per heavy atom. The topological polar surface area (TPSA) is 97.8 Å². The van der Waals surface area contributed by atoms with E-state index in [-0.39, 0.29) is 24.5 Å². The van der Waals surface area contributed by atoms with Crippen LogP contribution in [0.4, 0.5) is 0 Å². The van der Waals surface area contributed by atoms with Crippen LogP contribution in [-0.2, 0) is 9.53 Å². The SMILES string of the molecule is CC(CCC(=O)O)NC(=O)c1ccnc(OC2CCOC2)c1. The van der Waals surface area contributed by atoms with Gasteiger partial charge in [0.2, 0.25) is 5.88 Å². The third kappa shape index (κ3) is 5.00. The van der Waals surface area contributed by atoms with Crippen LogP contribution in [-0.4, -0.2) is 47.3 Å². The number of ether oxygens (including phenoxy) is 2. The van der Waals surface area contributed by atoms with E-state index in [0.717, 1.165) is 6.42 Å². The van der Waals surface area contributed by atoms with Crippen LogP contribution in [0, 0.1) is 0 Å². The number of nitrogens with zero attached hydrogens (tertiary/aromatic N) is 1. The number of rotatable bonds is 7. The molecule has 1 aliphatic rings. The van der Waals surface area contributed by atoms with Gasteiger partial charge in [-0.25, -0.2) is 4.98 Å². The summed E-state index contributed by atoms with van der Waals surface area (Å²) >= 11 is 0. The molecule has 2 N–H and O–H groups in total. The normalized spacial score (nSPS) is 18.7. The Bertz CT molecular complexity index is 528. The fraction of sp³-hybridized carbons (Fsp3) is 0.533. The summed E-state index contributed by atoms with van der Waals surface area (Å²) in [6.07, 6.45) is 2.70. The molecule has 0 aliphatic carbocycles. The van der Waals surface area contributed by atoms with Gasteiger partial charge in [0, 0.05) is 36.7 Å². The molecule has 1 saturated heterocycles. The highest BCUT2D eigenvalue weighted by atomic mass is 16.5. The van der Waals surface area contributed by atoms with E-state index in [4.69, 9.17) is 14.6 Å². The number of carbonyl (C=O) groups excluding carboxylic acids is 1. The van der Waals surface area contributed by atoms with Crippen molar-refractivity contribution in [2.45, 2.75) is 38.3 Å². The van der Waals surface area contributed by atoms with E-state index in [1.807, 2.05) is 0 Å². The molecule has 1 fully saturated rings. The number of aliphatic carboxylic acids is 1. The number of hydrogen-bond donors (Lipinski definition) is 2. The van der Waals surface area contributed by atoms with Gasteiger partial charge in [-0.3, -0.25) is 9.59 Å². The Morgan fingerprint density at radius 3 is 3.09 bits per heavy atom. The van der Waals surface area contributed by atoms with Crippen LogP contribution in [0.2, 0.25) is 0 Å². The van der Waals surface area contributed by atoms with Gasteiger partial charge in [-0.2, -0.15) is 0 Å². The van der Waals surface area contributed by atoms with E-state index in [2.05, 4.69) is 10.3 Å². The molecule has 2 rings (SSSR count). The van der Waals surface area contributed by atoms with Gasteiger partial charge in [0.05, 0.1) is 13.2 Å². The largest absolute Gasteiger partial charge is 0.481 e. The molecule has 1 aromatic heterocycles. The van der Waals surface area contributed by atoms with Crippen molar-refractivity contribution in [1.82, 2.24) is 10.3 Å².